The standard InChI is InChI=1S/C19H17FN2O4S/c1-24-15-5-3-4-13(17(15)25-2)18(23)26-12-9-22(10-12)19-21-14-7-6-11(20)8-16(14)27-19/h3-8,12H,9-10H2,1-2H3. The van der Waals surface area contributed by atoms with Crippen molar-refractivity contribution in [1.82, 2.24) is 4.98 Å². The number of ether oxygens (including phenoxy) is 3. The van der Waals surface area contributed by atoms with Crippen molar-refractivity contribution in [1.29, 1.82) is 0 Å². The molecular formula is C19H17FN2O4S. The van der Waals surface area contributed by atoms with Gasteiger partial charge in [-0.25, -0.2) is 14.2 Å². The van der Waals surface area contributed by atoms with Crippen LogP contribution < -0.4 is 14.4 Å². The molecular weight excluding hydrogens is 371 g/mol. The number of benzene rings is 2. The quantitative estimate of drug-likeness (QED) is 0.624. The lowest BCUT2D eigenvalue weighted by Gasteiger charge is -2.38. The summed E-state index contributed by atoms with van der Waals surface area (Å²) in [5.41, 5.74) is 1.09. The molecule has 1 aliphatic rings. The lowest BCUT2D eigenvalue weighted by Crippen LogP contribution is -2.53. The number of nitrogens with zero attached hydrogens (tertiary/aromatic N) is 2. The first-order valence-electron chi connectivity index (χ1n) is 8.32. The summed E-state index contributed by atoms with van der Waals surface area (Å²) in [7, 11) is 3.00. The highest BCUT2D eigenvalue weighted by Crippen LogP contribution is 2.34. The second-order valence-electron chi connectivity index (χ2n) is 6.08. The molecule has 1 saturated heterocycles. The molecule has 0 bridgehead atoms. The number of carbonyl (C=O) groups excluding carboxylic acids is 1. The molecule has 0 spiro atoms. The van der Waals surface area contributed by atoms with E-state index in [1.54, 1.807) is 24.3 Å². The molecule has 0 unspecified atom stereocenters. The summed E-state index contributed by atoms with van der Waals surface area (Å²) in [4.78, 5) is 19.0. The highest BCUT2D eigenvalue weighted by atomic mass is 32.1. The van der Waals surface area contributed by atoms with Gasteiger partial charge < -0.3 is 19.1 Å². The highest BCUT2D eigenvalue weighted by molar-refractivity contribution is 7.22. The van der Waals surface area contributed by atoms with Gasteiger partial charge in [-0.3, -0.25) is 0 Å². The fourth-order valence-electron chi connectivity index (χ4n) is 2.95. The molecule has 3 aromatic rings. The van der Waals surface area contributed by atoms with Crippen LogP contribution in [0.2, 0.25) is 0 Å². The lowest BCUT2D eigenvalue weighted by molar-refractivity contribution is 0.0230. The molecule has 0 saturated carbocycles. The molecule has 0 atom stereocenters. The largest absolute Gasteiger partial charge is 0.493 e. The number of esters is 1. The molecule has 0 N–H and O–H groups in total. The SMILES string of the molecule is COc1cccc(C(=O)OC2CN(c3nc4ccc(F)cc4s3)C2)c1OC. The van der Waals surface area contributed by atoms with Gasteiger partial charge in [0, 0.05) is 0 Å². The topological polar surface area (TPSA) is 60.9 Å². The number of fused-ring (bicyclic) bond motifs is 1. The second-order valence-corrected chi connectivity index (χ2v) is 7.09. The Balaban J connectivity index is 1.42. The molecule has 27 heavy (non-hydrogen) atoms. The Hall–Kier alpha value is -2.87. The molecule has 0 radical (unpaired) electrons. The first-order chi connectivity index (χ1) is 13.1. The number of halogens is 1. The molecule has 2 heterocycles. The van der Waals surface area contributed by atoms with Crippen LogP contribution in [0, 0.1) is 5.82 Å². The number of rotatable bonds is 5. The first kappa shape index (κ1) is 17.5. The van der Waals surface area contributed by atoms with Gasteiger partial charge in [0.25, 0.3) is 0 Å². The van der Waals surface area contributed by atoms with Crippen LogP contribution in [0.25, 0.3) is 10.2 Å². The molecule has 1 aromatic heterocycles. The van der Waals surface area contributed by atoms with Crippen molar-refractivity contribution >= 4 is 32.7 Å². The number of para-hydroxylation sites is 1. The maximum atomic E-state index is 13.3. The van der Waals surface area contributed by atoms with Gasteiger partial charge in [0.15, 0.2) is 16.6 Å². The fourth-order valence-corrected chi connectivity index (χ4v) is 3.96. The number of hydrogen-bond donors (Lipinski definition) is 0. The molecule has 140 valence electrons. The smallest absolute Gasteiger partial charge is 0.342 e. The Morgan fingerprint density at radius 1 is 1.22 bits per heavy atom. The summed E-state index contributed by atoms with van der Waals surface area (Å²) >= 11 is 1.42. The highest BCUT2D eigenvalue weighted by Gasteiger charge is 2.33. The number of anilines is 1. The van der Waals surface area contributed by atoms with Crippen LogP contribution in [0.15, 0.2) is 36.4 Å². The molecule has 1 aliphatic heterocycles. The Labute approximate surface area is 159 Å². The minimum atomic E-state index is -0.457. The van der Waals surface area contributed by atoms with Crippen molar-refractivity contribution in [2.45, 2.75) is 6.10 Å². The summed E-state index contributed by atoms with van der Waals surface area (Å²) in [6.07, 6.45) is -0.239. The van der Waals surface area contributed by atoms with E-state index >= 15 is 0 Å². The van der Waals surface area contributed by atoms with Gasteiger partial charge in [0.2, 0.25) is 0 Å². The van der Waals surface area contributed by atoms with Gasteiger partial charge in [0.1, 0.15) is 17.5 Å². The number of carbonyl (C=O) groups is 1. The van der Waals surface area contributed by atoms with E-state index in [0.29, 0.717) is 30.2 Å². The number of aromatic nitrogens is 1. The van der Waals surface area contributed by atoms with Crippen LogP contribution in [0.1, 0.15) is 10.4 Å². The summed E-state index contributed by atoms with van der Waals surface area (Å²) in [5.74, 6) is 0.0976. The van der Waals surface area contributed by atoms with Crippen molar-refractivity contribution in [3.8, 4) is 11.5 Å². The van der Waals surface area contributed by atoms with E-state index < -0.39 is 5.97 Å². The third kappa shape index (κ3) is 3.28. The van der Waals surface area contributed by atoms with Gasteiger partial charge in [-0.05, 0) is 30.3 Å². The summed E-state index contributed by atoms with van der Waals surface area (Å²) in [6, 6.07) is 9.61. The Bertz CT molecular complexity index is 1000. The van der Waals surface area contributed by atoms with Crippen LogP contribution in [0.5, 0.6) is 11.5 Å². The third-order valence-electron chi connectivity index (χ3n) is 4.35. The van der Waals surface area contributed by atoms with Crippen molar-refractivity contribution in [3.63, 3.8) is 0 Å². The summed E-state index contributed by atoms with van der Waals surface area (Å²) in [6.45, 7) is 1.08. The summed E-state index contributed by atoms with van der Waals surface area (Å²) in [5, 5.41) is 0.793. The van der Waals surface area contributed by atoms with E-state index in [9.17, 15) is 9.18 Å². The van der Waals surface area contributed by atoms with Gasteiger partial charge in [-0.15, -0.1) is 0 Å². The summed E-state index contributed by atoms with van der Waals surface area (Å²) < 4.78 is 30.2. The number of thiazole rings is 1. The third-order valence-corrected chi connectivity index (χ3v) is 5.43. The van der Waals surface area contributed by atoms with E-state index in [0.717, 1.165) is 15.3 Å². The lowest BCUT2D eigenvalue weighted by atomic mass is 10.1. The molecule has 2 aromatic carbocycles. The van der Waals surface area contributed by atoms with Gasteiger partial charge in [-0.2, -0.15) is 0 Å². The average molecular weight is 388 g/mol. The van der Waals surface area contributed by atoms with E-state index in [1.807, 2.05) is 4.90 Å². The van der Waals surface area contributed by atoms with Crippen molar-refractivity contribution in [3.05, 3.63) is 47.8 Å². The van der Waals surface area contributed by atoms with Crippen molar-refractivity contribution in [2.75, 3.05) is 32.2 Å². The van der Waals surface area contributed by atoms with E-state index in [2.05, 4.69) is 4.98 Å². The van der Waals surface area contributed by atoms with E-state index in [1.165, 1.54) is 37.7 Å². The van der Waals surface area contributed by atoms with Crippen molar-refractivity contribution in [2.24, 2.45) is 0 Å². The van der Waals surface area contributed by atoms with Crippen LogP contribution in [0.4, 0.5) is 9.52 Å². The van der Waals surface area contributed by atoms with Gasteiger partial charge >= 0.3 is 5.97 Å². The maximum Gasteiger partial charge on any atom is 0.342 e. The van der Waals surface area contributed by atoms with Crippen LogP contribution in [-0.2, 0) is 4.74 Å². The monoisotopic (exact) mass is 388 g/mol. The number of methoxy groups -OCH3 is 2. The van der Waals surface area contributed by atoms with Crippen LogP contribution in [-0.4, -0.2) is 44.4 Å². The predicted molar refractivity (Wildman–Crippen MR) is 101 cm³/mol. The molecule has 4 rings (SSSR count). The average Bonchev–Trinajstić information content (AvgIpc) is 3.05. The van der Waals surface area contributed by atoms with E-state index in [4.69, 9.17) is 14.2 Å². The van der Waals surface area contributed by atoms with E-state index in [-0.39, 0.29) is 11.9 Å². The molecule has 8 heteroatoms. The molecule has 1 fully saturated rings. The Morgan fingerprint density at radius 3 is 2.78 bits per heavy atom. The number of hydrogen-bond acceptors (Lipinski definition) is 7. The van der Waals surface area contributed by atoms with Crippen molar-refractivity contribution < 1.29 is 23.4 Å². The predicted octanol–water partition coefficient (Wildman–Crippen LogP) is 3.50. The van der Waals surface area contributed by atoms with Gasteiger partial charge in [-0.1, -0.05) is 17.4 Å². The van der Waals surface area contributed by atoms with Crippen LogP contribution in [0.3, 0.4) is 0 Å². The fraction of sp³-hybridized carbons (Fsp3) is 0.263. The van der Waals surface area contributed by atoms with Crippen LogP contribution >= 0.6 is 11.3 Å². The minimum Gasteiger partial charge on any atom is -0.493 e. The zero-order chi connectivity index (χ0) is 19.0. The Morgan fingerprint density at radius 2 is 2.04 bits per heavy atom. The molecule has 0 amide bonds. The first-order valence-corrected chi connectivity index (χ1v) is 9.13. The Kier molecular flexibility index (Phi) is 4.57. The molecule has 0 aliphatic carbocycles. The van der Waals surface area contributed by atoms with Gasteiger partial charge in [0.05, 0.1) is 37.5 Å². The zero-order valence-corrected chi connectivity index (χ0v) is 15.6. The second kappa shape index (κ2) is 7.03. The zero-order valence-electron chi connectivity index (χ0n) is 14.8. The molecule has 6 nitrogen and oxygen atoms in total. The maximum absolute atomic E-state index is 13.3. The minimum absolute atomic E-state index is 0.239. The normalized spacial score (nSPS) is 14.1.